The molecular weight excluding hydrogens is 525 g/mol. The average molecular weight is 558 g/mol. The van der Waals surface area contributed by atoms with Crippen LogP contribution in [-0.4, -0.2) is 17.6 Å². The minimum atomic E-state index is -1.18. The van der Waals surface area contributed by atoms with Crippen LogP contribution in [0.4, 0.5) is 4.39 Å². The van der Waals surface area contributed by atoms with Crippen molar-refractivity contribution < 1.29 is 19.0 Å². The number of amides is 1. The van der Waals surface area contributed by atoms with Gasteiger partial charge in [0.05, 0.1) is 0 Å². The monoisotopic (exact) mass is 557 g/mol. The number of nitrogens with two attached hydrogens (primary N) is 1. The molecule has 206 valence electrons. The highest BCUT2D eigenvalue weighted by Crippen LogP contribution is 2.40. The lowest BCUT2D eigenvalue weighted by atomic mass is 9.81. The number of ether oxygens (including phenoxy) is 1. The normalized spacial score (nSPS) is 14.6. The van der Waals surface area contributed by atoms with Crippen molar-refractivity contribution in [1.82, 2.24) is 0 Å². The Bertz CT molecular complexity index is 1480. The van der Waals surface area contributed by atoms with E-state index in [-0.39, 0.29) is 12.4 Å². The van der Waals surface area contributed by atoms with Gasteiger partial charge in [-0.15, -0.1) is 0 Å². The van der Waals surface area contributed by atoms with Crippen LogP contribution in [0, 0.1) is 5.82 Å². The summed E-state index contributed by atoms with van der Waals surface area (Å²) < 4.78 is 21.7. The number of rotatable bonds is 9. The van der Waals surface area contributed by atoms with E-state index in [0.29, 0.717) is 28.5 Å². The van der Waals surface area contributed by atoms with Gasteiger partial charge in [0.1, 0.15) is 11.6 Å². The summed E-state index contributed by atoms with van der Waals surface area (Å²) in [5.41, 5.74) is 11.4. The average Bonchev–Trinajstić information content (AvgIpc) is 2.97. The highest BCUT2D eigenvalue weighted by molar-refractivity contribution is 6.30. The number of hydrogen-bond acceptors (Lipinski definition) is 3. The molecule has 1 amide bonds. The topological polar surface area (TPSA) is 72.6 Å². The van der Waals surface area contributed by atoms with E-state index in [4.69, 9.17) is 22.1 Å². The maximum absolute atomic E-state index is 15.6. The minimum absolute atomic E-state index is 0.0448. The lowest BCUT2D eigenvalue weighted by molar-refractivity contribution is -0.124. The summed E-state index contributed by atoms with van der Waals surface area (Å²) in [6.07, 6.45) is 5.10. The third kappa shape index (κ3) is 6.22. The highest BCUT2D eigenvalue weighted by atomic mass is 35.5. The molecule has 1 unspecified atom stereocenters. The quantitative estimate of drug-likeness (QED) is 0.219. The molecule has 1 fully saturated rings. The van der Waals surface area contributed by atoms with Gasteiger partial charge in [0.15, 0.2) is 0 Å². The summed E-state index contributed by atoms with van der Waals surface area (Å²) in [6, 6.07) is 25.6. The first-order chi connectivity index (χ1) is 19.4. The fourth-order valence-corrected chi connectivity index (χ4v) is 5.84. The smallest absolute Gasteiger partial charge is 0.263 e. The molecule has 40 heavy (non-hydrogen) atoms. The van der Waals surface area contributed by atoms with Crippen LogP contribution in [0.25, 0.3) is 22.3 Å². The maximum Gasteiger partial charge on any atom is 0.263 e. The Morgan fingerprint density at radius 1 is 0.925 bits per heavy atom. The molecule has 6 heteroatoms. The van der Waals surface area contributed by atoms with Gasteiger partial charge in [0.25, 0.3) is 5.91 Å². The molecule has 0 radical (unpaired) electrons. The third-order valence-electron chi connectivity index (χ3n) is 7.70. The van der Waals surface area contributed by atoms with Gasteiger partial charge in [-0.25, -0.2) is 4.39 Å². The Labute approximate surface area is 239 Å². The first kappa shape index (κ1) is 27.9. The van der Waals surface area contributed by atoms with Gasteiger partial charge in [-0.2, -0.15) is 0 Å². The predicted molar refractivity (Wildman–Crippen MR) is 158 cm³/mol. The van der Waals surface area contributed by atoms with E-state index in [1.54, 1.807) is 30.3 Å². The number of aliphatic hydroxyl groups is 1. The van der Waals surface area contributed by atoms with Gasteiger partial charge in [-0.3, -0.25) is 4.79 Å². The van der Waals surface area contributed by atoms with Crippen molar-refractivity contribution in [2.75, 3.05) is 6.61 Å². The molecular formula is C34H33ClFNO3. The summed E-state index contributed by atoms with van der Waals surface area (Å²) >= 11 is 6.09. The molecule has 0 spiro atoms. The first-order valence-corrected chi connectivity index (χ1v) is 14.2. The van der Waals surface area contributed by atoms with E-state index in [1.807, 2.05) is 42.5 Å². The largest absolute Gasteiger partial charge is 0.476 e. The van der Waals surface area contributed by atoms with Crippen molar-refractivity contribution in [3.05, 3.63) is 112 Å². The van der Waals surface area contributed by atoms with E-state index in [9.17, 15) is 9.90 Å². The molecule has 4 nitrogen and oxygen atoms in total. The van der Waals surface area contributed by atoms with Crippen LogP contribution in [-0.2, 0) is 11.2 Å². The maximum atomic E-state index is 15.6. The third-order valence-corrected chi connectivity index (χ3v) is 7.95. The lowest BCUT2D eigenvalue weighted by Gasteiger charge is -2.25. The number of aliphatic hydroxyl groups excluding tert-OH is 1. The SMILES string of the molecule is NC(=O)C(Oc1ccc(-c2ccccc2C2CCCCC2)c(F)c1)c1cc(CCO)ccc1-c1ccc(Cl)cc1. The second kappa shape index (κ2) is 12.7. The summed E-state index contributed by atoms with van der Waals surface area (Å²) in [4.78, 5) is 12.7. The standard InChI is InChI=1S/C34H33ClFNO3/c35-25-13-11-24(12-14-25)28-16-10-22(18-19-38)20-31(28)33(34(37)39)40-26-15-17-30(32(36)21-26)29-9-5-4-8-27(29)23-6-2-1-3-7-23/h4-5,8-17,20-21,23,33,38H,1-3,6-7,18-19H2,(H2,37,39). The molecule has 0 bridgehead atoms. The molecule has 0 heterocycles. The Hall–Kier alpha value is -3.67. The van der Waals surface area contributed by atoms with Crippen LogP contribution in [0.1, 0.15) is 60.8 Å². The van der Waals surface area contributed by atoms with Gasteiger partial charge >= 0.3 is 0 Å². The number of hydrogen-bond donors (Lipinski definition) is 2. The zero-order valence-corrected chi connectivity index (χ0v) is 23.0. The van der Waals surface area contributed by atoms with Crippen molar-refractivity contribution in [1.29, 1.82) is 0 Å². The summed E-state index contributed by atoms with van der Waals surface area (Å²) in [7, 11) is 0. The van der Waals surface area contributed by atoms with E-state index in [1.165, 1.54) is 30.9 Å². The molecule has 5 rings (SSSR count). The highest BCUT2D eigenvalue weighted by Gasteiger charge is 2.26. The zero-order chi connectivity index (χ0) is 28.1. The first-order valence-electron chi connectivity index (χ1n) is 13.8. The van der Waals surface area contributed by atoms with E-state index < -0.39 is 17.8 Å². The Balaban J connectivity index is 1.49. The van der Waals surface area contributed by atoms with Gasteiger partial charge in [-0.05, 0) is 77.3 Å². The Morgan fingerprint density at radius 3 is 2.35 bits per heavy atom. The molecule has 0 aliphatic heterocycles. The number of benzene rings is 4. The summed E-state index contributed by atoms with van der Waals surface area (Å²) in [5, 5.41) is 10.1. The second-order valence-corrected chi connectivity index (χ2v) is 10.8. The van der Waals surface area contributed by atoms with Crippen molar-refractivity contribution in [2.45, 2.75) is 50.5 Å². The van der Waals surface area contributed by atoms with E-state index >= 15 is 4.39 Å². The van der Waals surface area contributed by atoms with Crippen LogP contribution < -0.4 is 10.5 Å². The lowest BCUT2D eigenvalue weighted by Crippen LogP contribution is -2.27. The van der Waals surface area contributed by atoms with Gasteiger partial charge in [0, 0.05) is 28.8 Å². The number of primary amides is 1. The Morgan fingerprint density at radius 2 is 1.65 bits per heavy atom. The van der Waals surface area contributed by atoms with Gasteiger partial charge in [-0.1, -0.05) is 85.5 Å². The van der Waals surface area contributed by atoms with Crippen LogP contribution in [0.3, 0.4) is 0 Å². The molecule has 1 atom stereocenters. The van der Waals surface area contributed by atoms with Gasteiger partial charge in [0.2, 0.25) is 6.10 Å². The molecule has 3 N–H and O–H groups in total. The number of carbonyl (C=O) groups is 1. The van der Waals surface area contributed by atoms with Crippen LogP contribution in [0.2, 0.25) is 5.02 Å². The van der Waals surface area contributed by atoms with Crippen molar-refractivity contribution in [3.63, 3.8) is 0 Å². The minimum Gasteiger partial charge on any atom is -0.476 e. The van der Waals surface area contributed by atoms with E-state index in [0.717, 1.165) is 35.1 Å². The van der Waals surface area contributed by atoms with Crippen molar-refractivity contribution in [3.8, 4) is 28.0 Å². The molecule has 1 aliphatic rings. The molecule has 1 saturated carbocycles. The fourth-order valence-electron chi connectivity index (χ4n) is 5.72. The van der Waals surface area contributed by atoms with Crippen LogP contribution >= 0.6 is 11.6 Å². The van der Waals surface area contributed by atoms with Crippen molar-refractivity contribution >= 4 is 17.5 Å². The fraction of sp³-hybridized carbons (Fsp3) is 0.265. The predicted octanol–water partition coefficient (Wildman–Crippen LogP) is 8.00. The molecule has 1 aliphatic carbocycles. The van der Waals surface area contributed by atoms with Crippen LogP contribution in [0.5, 0.6) is 5.75 Å². The number of carbonyl (C=O) groups excluding carboxylic acids is 1. The van der Waals surface area contributed by atoms with Crippen molar-refractivity contribution in [2.24, 2.45) is 5.73 Å². The Kier molecular flexibility index (Phi) is 8.83. The van der Waals surface area contributed by atoms with E-state index in [2.05, 4.69) is 6.07 Å². The summed E-state index contributed by atoms with van der Waals surface area (Å²) in [5.74, 6) is -0.494. The van der Waals surface area contributed by atoms with Crippen LogP contribution in [0.15, 0.2) is 84.9 Å². The molecule has 4 aromatic rings. The molecule has 0 aromatic heterocycles. The number of halogens is 2. The molecule has 4 aromatic carbocycles. The summed E-state index contributed by atoms with van der Waals surface area (Å²) in [6.45, 7) is -0.0448. The zero-order valence-electron chi connectivity index (χ0n) is 22.3. The van der Waals surface area contributed by atoms with Gasteiger partial charge < -0.3 is 15.6 Å². The second-order valence-electron chi connectivity index (χ2n) is 10.4. The molecule has 0 saturated heterocycles.